The zero-order valence-electron chi connectivity index (χ0n) is 34.3. The van der Waals surface area contributed by atoms with E-state index >= 15 is 0 Å². The number of aliphatic hydroxyl groups is 11. The minimum Gasteiger partial charge on any atom is -0.507 e. The molecule has 67 heavy (non-hydrogen) atoms. The lowest BCUT2D eigenvalue weighted by atomic mass is 9.89. The molecule has 0 bridgehead atoms. The standard InChI is InChI=1S/C42H46O25/c43-10-24-32(54)36(58)40(67-27(51)4-2-13-5-17(48)22(7-15(13)46)64-42-38(60)35(57)31(53)26(12-45)66-42)39(62-24)29-19(50)9-23-28(33(29)55)18(49)8-21(61-23)14-1-3-20(16(47)6-14)63-41-37(59)34(56)30(52)25(11-44)65-41/h1-9,24-26,30-32,34-48,50,52-60H,10-12H2. The summed E-state index contributed by atoms with van der Waals surface area (Å²) in [5.41, 5.74) is -2.28. The van der Waals surface area contributed by atoms with Gasteiger partial charge in [0.2, 0.25) is 12.6 Å². The van der Waals surface area contributed by atoms with Crippen LogP contribution in [-0.4, -0.2) is 193 Å². The molecule has 3 aromatic carbocycles. The molecule has 0 spiro atoms. The molecule has 15 atom stereocenters. The van der Waals surface area contributed by atoms with Crippen LogP contribution in [0.5, 0.6) is 40.2 Å². The van der Waals surface area contributed by atoms with Gasteiger partial charge in [0, 0.05) is 35.4 Å². The Morgan fingerprint density at radius 3 is 1.73 bits per heavy atom. The number of phenolic OH excluding ortho intramolecular Hbond substituents is 5. The van der Waals surface area contributed by atoms with E-state index in [1.54, 1.807) is 0 Å². The average Bonchev–Trinajstić information content (AvgIpc) is 3.29. The van der Waals surface area contributed by atoms with Gasteiger partial charge in [0.25, 0.3) is 0 Å². The first-order valence-electron chi connectivity index (χ1n) is 20.2. The Labute approximate surface area is 375 Å². The molecule has 7 rings (SSSR count). The molecule has 0 radical (unpaired) electrons. The van der Waals surface area contributed by atoms with E-state index in [0.717, 1.165) is 42.5 Å². The predicted molar refractivity (Wildman–Crippen MR) is 217 cm³/mol. The summed E-state index contributed by atoms with van der Waals surface area (Å²) in [6.45, 7) is -2.45. The van der Waals surface area contributed by atoms with Gasteiger partial charge in [0.05, 0.1) is 25.4 Å². The van der Waals surface area contributed by atoms with Crippen LogP contribution in [0, 0.1) is 0 Å². The Morgan fingerprint density at radius 1 is 0.597 bits per heavy atom. The molecule has 364 valence electrons. The van der Waals surface area contributed by atoms with Gasteiger partial charge in [-0.2, -0.15) is 0 Å². The van der Waals surface area contributed by atoms with Crippen molar-refractivity contribution in [3.8, 4) is 51.6 Å². The van der Waals surface area contributed by atoms with Crippen LogP contribution in [0.1, 0.15) is 17.2 Å². The van der Waals surface area contributed by atoms with E-state index < -0.39 is 174 Å². The highest BCUT2D eigenvalue weighted by Crippen LogP contribution is 2.46. The zero-order chi connectivity index (χ0) is 48.8. The molecule has 15 unspecified atom stereocenters. The van der Waals surface area contributed by atoms with E-state index in [1.807, 2.05) is 0 Å². The second-order valence-electron chi connectivity index (χ2n) is 15.7. The molecule has 0 amide bonds. The van der Waals surface area contributed by atoms with Crippen LogP contribution in [0.2, 0.25) is 0 Å². The summed E-state index contributed by atoms with van der Waals surface area (Å²) in [5, 5.41) is 165. The summed E-state index contributed by atoms with van der Waals surface area (Å²) < 4.78 is 38.2. The third-order valence-electron chi connectivity index (χ3n) is 11.3. The van der Waals surface area contributed by atoms with Crippen LogP contribution in [0.4, 0.5) is 0 Å². The summed E-state index contributed by atoms with van der Waals surface area (Å²) in [7, 11) is 0. The largest absolute Gasteiger partial charge is 0.507 e. The van der Waals surface area contributed by atoms with Crippen molar-refractivity contribution in [1.82, 2.24) is 0 Å². The van der Waals surface area contributed by atoms with E-state index in [2.05, 4.69) is 0 Å². The van der Waals surface area contributed by atoms with Crippen LogP contribution in [0.25, 0.3) is 28.4 Å². The Bertz CT molecular complexity index is 2520. The van der Waals surface area contributed by atoms with Crippen LogP contribution in [-0.2, 0) is 23.7 Å². The van der Waals surface area contributed by atoms with Crippen molar-refractivity contribution in [2.24, 2.45) is 0 Å². The van der Waals surface area contributed by atoms with Gasteiger partial charge in [0.15, 0.2) is 34.5 Å². The number of aromatic hydroxyl groups is 5. The number of rotatable bonds is 12. The van der Waals surface area contributed by atoms with Crippen LogP contribution >= 0.6 is 0 Å². The molecule has 25 heteroatoms. The van der Waals surface area contributed by atoms with Gasteiger partial charge >= 0.3 is 5.97 Å². The monoisotopic (exact) mass is 950 g/mol. The summed E-state index contributed by atoms with van der Waals surface area (Å²) in [4.78, 5) is 26.8. The van der Waals surface area contributed by atoms with Gasteiger partial charge in [-0.25, -0.2) is 4.79 Å². The second-order valence-corrected chi connectivity index (χ2v) is 15.7. The molecule has 25 nitrogen and oxygen atoms in total. The van der Waals surface area contributed by atoms with Gasteiger partial charge in [-0.15, -0.1) is 0 Å². The minimum atomic E-state index is -2.09. The third-order valence-corrected chi connectivity index (χ3v) is 11.3. The lowest BCUT2D eigenvalue weighted by Crippen LogP contribution is -2.60. The lowest BCUT2D eigenvalue weighted by Gasteiger charge is -2.42. The smallest absolute Gasteiger partial charge is 0.331 e. The van der Waals surface area contributed by atoms with Gasteiger partial charge in [0.1, 0.15) is 107 Å². The Kier molecular flexibility index (Phi) is 14.5. The van der Waals surface area contributed by atoms with Crippen LogP contribution < -0.4 is 14.9 Å². The highest BCUT2D eigenvalue weighted by molar-refractivity contribution is 5.89. The quantitative estimate of drug-likeness (QED) is 0.0367. The van der Waals surface area contributed by atoms with E-state index in [0.29, 0.717) is 6.08 Å². The number of carbonyl (C=O) groups excluding carboxylic acids is 1. The third kappa shape index (κ3) is 9.51. The predicted octanol–water partition coefficient (Wildman–Crippen LogP) is -3.88. The van der Waals surface area contributed by atoms with Gasteiger partial charge in [-0.05, 0) is 30.3 Å². The number of aliphatic hydroxyl groups excluding tert-OH is 11. The maximum atomic E-state index is 13.6. The number of phenols is 5. The average molecular weight is 951 g/mol. The Morgan fingerprint density at radius 2 is 1.15 bits per heavy atom. The Balaban J connectivity index is 1.12. The number of carbonyl (C=O) groups is 1. The molecule has 4 heterocycles. The highest BCUT2D eigenvalue weighted by Gasteiger charge is 2.50. The van der Waals surface area contributed by atoms with E-state index in [4.69, 9.17) is 32.8 Å². The first-order chi connectivity index (χ1) is 31.8. The maximum absolute atomic E-state index is 13.6. The summed E-state index contributed by atoms with van der Waals surface area (Å²) in [5.74, 6) is -6.19. The van der Waals surface area contributed by atoms with Crippen molar-refractivity contribution < 1.29 is 119 Å². The summed E-state index contributed by atoms with van der Waals surface area (Å²) in [6, 6.07) is 6.97. The Hall–Kier alpha value is -5.88. The van der Waals surface area contributed by atoms with Gasteiger partial charge < -0.3 is 115 Å². The van der Waals surface area contributed by atoms with E-state index in [-0.39, 0.29) is 22.6 Å². The molecule has 3 fully saturated rings. The fourth-order valence-corrected chi connectivity index (χ4v) is 7.66. The summed E-state index contributed by atoms with van der Waals surface area (Å²) >= 11 is 0. The molecule has 0 aliphatic carbocycles. The van der Waals surface area contributed by atoms with Crippen LogP contribution in [0.15, 0.2) is 57.8 Å². The molecular formula is C42H46O25. The van der Waals surface area contributed by atoms with Gasteiger partial charge in [-0.3, -0.25) is 4.79 Å². The number of hydrogen-bond donors (Lipinski definition) is 16. The van der Waals surface area contributed by atoms with Crippen molar-refractivity contribution in [3.63, 3.8) is 0 Å². The maximum Gasteiger partial charge on any atom is 0.331 e. The number of esters is 1. The number of hydrogen-bond acceptors (Lipinski definition) is 25. The minimum absolute atomic E-state index is 0.0279. The number of ether oxygens (including phenoxy) is 6. The molecule has 16 N–H and O–H groups in total. The highest BCUT2D eigenvalue weighted by atomic mass is 16.7. The number of fused-ring (bicyclic) bond motifs is 1. The zero-order valence-corrected chi connectivity index (χ0v) is 34.3. The molecule has 4 aromatic rings. The molecule has 3 saturated heterocycles. The molecule has 3 aliphatic rings. The topological polar surface area (TPSA) is 426 Å². The van der Waals surface area contributed by atoms with Crippen LogP contribution in [0.3, 0.4) is 0 Å². The van der Waals surface area contributed by atoms with Crippen molar-refractivity contribution in [2.45, 2.75) is 91.9 Å². The fraction of sp³-hybridized carbons (Fsp3) is 0.429. The normalized spacial score (nSPS) is 32.3. The van der Waals surface area contributed by atoms with Crippen molar-refractivity contribution >= 4 is 23.0 Å². The number of benzene rings is 3. The first-order valence-corrected chi connectivity index (χ1v) is 20.2. The van der Waals surface area contributed by atoms with E-state index in [1.165, 1.54) is 6.07 Å². The molecule has 0 saturated carbocycles. The lowest BCUT2D eigenvalue weighted by molar-refractivity contribution is -0.277. The second kappa shape index (κ2) is 19.8. The molecule has 3 aliphatic heterocycles. The van der Waals surface area contributed by atoms with E-state index in [9.17, 15) is 91.3 Å². The van der Waals surface area contributed by atoms with Crippen molar-refractivity contribution in [1.29, 1.82) is 0 Å². The van der Waals surface area contributed by atoms with Gasteiger partial charge in [-0.1, -0.05) is 0 Å². The molecular weight excluding hydrogens is 904 g/mol. The van der Waals surface area contributed by atoms with Crippen molar-refractivity contribution in [2.75, 3.05) is 19.8 Å². The van der Waals surface area contributed by atoms with Crippen molar-refractivity contribution in [3.05, 3.63) is 69.9 Å². The first kappa shape index (κ1) is 49.0. The SMILES string of the molecule is O=C(C=Cc1cc(O)c(OC2OC(CO)C(O)C(O)C2O)cc1O)OC1C(c2c(O)cc3oc(-c4ccc(OC5OC(CO)C(O)C(O)C5O)c(O)c4)cc(=O)c3c2O)OC(CO)C(O)C1O. The fourth-order valence-electron chi connectivity index (χ4n) is 7.66. The molecule has 1 aromatic heterocycles. The summed E-state index contributed by atoms with van der Waals surface area (Å²) in [6.07, 6.45) is -24.6.